The monoisotopic (exact) mass is 531 g/mol. The number of hydrogen-bond donors (Lipinski definition) is 1. The maximum atomic E-state index is 6.07. The molecule has 1 aromatic carbocycles. The summed E-state index contributed by atoms with van der Waals surface area (Å²) in [5.74, 6) is 2.38. The van der Waals surface area contributed by atoms with Crippen molar-refractivity contribution in [2.45, 2.75) is 57.7 Å². The van der Waals surface area contributed by atoms with E-state index >= 15 is 0 Å². The average molecular weight is 531 g/mol. The Kier molecular flexibility index (Phi) is 11.2. The molecule has 1 unspecified atom stereocenters. The lowest BCUT2D eigenvalue weighted by molar-refractivity contribution is -0.0367. The van der Waals surface area contributed by atoms with E-state index in [0.717, 1.165) is 63.8 Å². The van der Waals surface area contributed by atoms with E-state index in [1.807, 2.05) is 19.2 Å². The van der Waals surface area contributed by atoms with Crippen LogP contribution in [0.5, 0.6) is 5.75 Å². The van der Waals surface area contributed by atoms with Gasteiger partial charge in [-0.25, -0.2) is 0 Å². The van der Waals surface area contributed by atoms with Crippen LogP contribution in [0.1, 0.15) is 51.0 Å². The maximum Gasteiger partial charge on any atom is 0.193 e. The summed E-state index contributed by atoms with van der Waals surface area (Å²) < 4.78 is 17.7. The summed E-state index contributed by atoms with van der Waals surface area (Å²) in [7, 11) is 1.84. The zero-order valence-electron chi connectivity index (χ0n) is 18.6. The van der Waals surface area contributed by atoms with Gasteiger partial charge in [-0.3, -0.25) is 4.99 Å². The number of aliphatic imine (C=N–C) groups is 1. The van der Waals surface area contributed by atoms with E-state index in [4.69, 9.17) is 14.2 Å². The van der Waals surface area contributed by atoms with Crippen molar-refractivity contribution in [1.82, 2.24) is 10.2 Å². The van der Waals surface area contributed by atoms with E-state index in [9.17, 15) is 0 Å². The Hall–Kier alpha value is -1.06. The van der Waals surface area contributed by atoms with Crippen molar-refractivity contribution in [2.24, 2.45) is 4.99 Å². The molecule has 6 nitrogen and oxygen atoms in total. The van der Waals surface area contributed by atoms with Crippen molar-refractivity contribution >= 4 is 29.9 Å². The predicted octanol–water partition coefficient (Wildman–Crippen LogP) is 4.04. The molecule has 170 valence electrons. The van der Waals surface area contributed by atoms with Crippen molar-refractivity contribution in [2.75, 3.05) is 46.5 Å². The van der Waals surface area contributed by atoms with Crippen LogP contribution in [0.4, 0.5) is 0 Å². The normalized spacial score (nSPS) is 20.3. The minimum atomic E-state index is 0. The predicted molar refractivity (Wildman–Crippen MR) is 132 cm³/mol. The molecule has 30 heavy (non-hydrogen) atoms. The van der Waals surface area contributed by atoms with Crippen LogP contribution in [0.2, 0.25) is 0 Å². The second-order valence-corrected chi connectivity index (χ2v) is 8.17. The molecule has 1 N–H and O–H groups in total. The first-order valence-corrected chi connectivity index (χ1v) is 11.1. The third-order valence-electron chi connectivity index (χ3n) is 5.68. The molecule has 0 saturated carbocycles. The molecule has 0 radical (unpaired) electrons. The fraction of sp³-hybridized carbons (Fsp3) is 0.696. The third-order valence-corrected chi connectivity index (χ3v) is 5.68. The second-order valence-electron chi connectivity index (χ2n) is 8.17. The fourth-order valence-electron chi connectivity index (χ4n) is 4.00. The van der Waals surface area contributed by atoms with Gasteiger partial charge in [0.05, 0.1) is 25.4 Å². The van der Waals surface area contributed by atoms with E-state index in [-0.39, 0.29) is 24.0 Å². The molecule has 1 aromatic rings. The van der Waals surface area contributed by atoms with Crippen molar-refractivity contribution in [1.29, 1.82) is 0 Å². The Labute approximate surface area is 198 Å². The van der Waals surface area contributed by atoms with Crippen LogP contribution in [0.15, 0.2) is 29.3 Å². The number of para-hydroxylation sites is 1. The van der Waals surface area contributed by atoms with E-state index in [0.29, 0.717) is 24.7 Å². The molecule has 0 spiro atoms. The molecule has 2 saturated heterocycles. The molecular weight excluding hydrogens is 493 g/mol. The number of halogens is 1. The largest absolute Gasteiger partial charge is 0.491 e. The second kappa shape index (κ2) is 13.4. The third kappa shape index (κ3) is 7.57. The Morgan fingerprint density at radius 3 is 2.67 bits per heavy atom. The molecule has 0 aliphatic carbocycles. The Morgan fingerprint density at radius 1 is 1.23 bits per heavy atom. The van der Waals surface area contributed by atoms with Gasteiger partial charge in [-0.05, 0) is 43.2 Å². The van der Waals surface area contributed by atoms with Gasteiger partial charge in [-0.1, -0.05) is 32.0 Å². The van der Waals surface area contributed by atoms with Gasteiger partial charge in [0.1, 0.15) is 12.4 Å². The van der Waals surface area contributed by atoms with Crippen LogP contribution in [0.3, 0.4) is 0 Å². The first-order valence-electron chi connectivity index (χ1n) is 11.1. The Morgan fingerprint density at radius 2 is 2.00 bits per heavy atom. The number of rotatable bonds is 8. The van der Waals surface area contributed by atoms with Gasteiger partial charge >= 0.3 is 0 Å². The minimum absolute atomic E-state index is 0. The molecule has 2 fully saturated rings. The lowest BCUT2D eigenvalue weighted by Crippen LogP contribution is -2.48. The van der Waals surface area contributed by atoms with Crippen LogP contribution in [-0.2, 0) is 9.47 Å². The van der Waals surface area contributed by atoms with Gasteiger partial charge in [-0.15, -0.1) is 24.0 Å². The topological polar surface area (TPSA) is 55.3 Å². The summed E-state index contributed by atoms with van der Waals surface area (Å²) in [6, 6.07) is 8.28. The van der Waals surface area contributed by atoms with Crippen LogP contribution >= 0.6 is 24.0 Å². The highest BCUT2D eigenvalue weighted by Gasteiger charge is 2.24. The van der Waals surface area contributed by atoms with Gasteiger partial charge in [-0.2, -0.15) is 0 Å². The van der Waals surface area contributed by atoms with Crippen molar-refractivity contribution in [3.8, 4) is 5.75 Å². The smallest absolute Gasteiger partial charge is 0.193 e. The molecule has 7 heteroatoms. The molecule has 3 rings (SSSR count). The van der Waals surface area contributed by atoms with E-state index in [2.05, 4.69) is 41.2 Å². The van der Waals surface area contributed by atoms with Gasteiger partial charge in [0.2, 0.25) is 0 Å². The highest BCUT2D eigenvalue weighted by Crippen LogP contribution is 2.25. The highest BCUT2D eigenvalue weighted by molar-refractivity contribution is 14.0. The number of benzene rings is 1. The Bertz CT molecular complexity index is 642. The van der Waals surface area contributed by atoms with Gasteiger partial charge in [0.15, 0.2) is 5.96 Å². The molecule has 0 amide bonds. The summed E-state index contributed by atoms with van der Waals surface area (Å²) in [5, 5.41) is 3.44. The lowest BCUT2D eigenvalue weighted by Gasteiger charge is -2.34. The summed E-state index contributed by atoms with van der Waals surface area (Å²) in [6.07, 6.45) is 5.02. The SMILES string of the molecule is CN=C(NCCOc1ccccc1C(C)C)N1CCC(OCC2CCCO2)CC1.I. The van der Waals surface area contributed by atoms with E-state index in [1.165, 1.54) is 12.0 Å². The molecule has 1 atom stereocenters. The first kappa shape index (κ1) is 25.2. The Balaban J connectivity index is 0.00000320. The van der Waals surface area contributed by atoms with Gasteiger partial charge in [0, 0.05) is 26.7 Å². The standard InChI is InChI=1S/C23H37N3O3.HI/c1-18(2)21-8-4-5-9-22(21)28-16-12-25-23(24-3)26-13-10-19(11-14-26)29-17-20-7-6-15-27-20;/h4-5,8-9,18-20H,6-7,10-17H2,1-3H3,(H,24,25);1H. The first-order chi connectivity index (χ1) is 14.2. The molecule has 2 aliphatic rings. The van der Waals surface area contributed by atoms with Crippen LogP contribution in [-0.4, -0.2) is 69.6 Å². The number of nitrogens with one attached hydrogen (secondary N) is 1. The van der Waals surface area contributed by atoms with Crippen molar-refractivity contribution in [3.63, 3.8) is 0 Å². The summed E-state index contributed by atoms with van der Waals surface area (Å²) in [4.78, 5) is 6.76. The van der Waals surface area contributed by atoms with Crippen LogP contribution in [0, 0.1) is 0 Å². The molecular formula is C23H38IN3O3. The highest BCUT2D eigenvalue weighted by atomic mass is 127. The summed E-state index contributed by atoms with van der Waals surface area (Å²) in [5.41, 5.74) is 1.25. The summed E-state index contributed by atoms with van der Waals surface area (Å²) in [6.45, 7) is 9.29. The summed E-state index contributed by atoms with van der Waals surface area (Å²) >= 11 is 0. The van der Waals surface area contributed by atoms with E-state index in [1.54, 1.807) is 0 Å². The van der Waals surface area contributed by atoms with Gasteiger partial charge in [0.25, 0.3) is 0 Å². The zero-order valence-corrected chi connectivity index (χ0v) is 21.0. The average Bonchev–Trinajstić information content (AvgIpc) is 3.27. The molecule has 0 bridgehead atoms. The van der Waals surface area contributed by atoms with Gasteiger partial charge < -0.3 is 24.4 Å². The van der Waals surface area contributed by atoms with Crippen molar-refractivity contribution in [3.05, 3.63) is 29.8 Å². The number of piperidine rings is 1. The zero-order chi connectivity index (χ0) is 20.5. The number of nitrogens with zero attached hydrogens (tertiary/aromatic N) is 2. The van der Waals surface area contributed by atoms with Crippen LogP contribution in [0.25, 0.3) is 0 Å². The molecule has 0 aromatic heterocycles. The number of likely N-dealkylation sites (tertiary alicyclic amines) is 1. The molecule has 2 aliphatic heterocycles. The fourth-order valence-corrected chi connectivity index (χ4v) is 4.00. The maximum absolute atomic E-state index is 6.07. The number of hydrogen-bond acceptors (Lipinski definition) is 4. The quantitative estimate of drug-likeness (QED) is 0.238. The van der Waals surface area contributed by atoms with Crippen LogP contribution < -0.4 is 10.1 Å². The van der Waals surface area contributed by atoms with Crippen molar-refractivity contribution < 1.29 is 14.2 Å². The van der Waals surface area contributed by atoms with E-state index < -0.39 is 0 Å². The lowest BCUT2D eigenvalue weighted by atomic mass is 10.0. The minimum Gasteiger partial charge on any atom is -0.491 e. The number of guanidine groups is 1. The number of ether oxygens (including phenoxy) is 3. The molecule has 2 heterocycles.